The van der Waals surface area contributed by atoms with Gasteiger partial charge < -0.3 is 5.32 Å². The van der Waals surface area contributed by atoms with Crippen molar-refractivity contribution in [3.8, 4) is 0 Å². The van der Waals surface area contributed by atoms with Gasteiger partial charge in [-0.1, -0.05) is 13.8 Å². The van der Waals surface area contributed by atoms with Gasteiger partial charge in [-0.05, 0) is 32.4 Å². The van der Waals surface area contributed by atoms with Gasteiger partial charge in [-0.25, -0.2) is 9.97 Å². The molecule has 0 aromatic carbocycles. The Morgan fingerprint density at radius 3 is 2.53 bits per heavy atom. The Morgan fingerprint density at radius 1 is 1.18 bits per heavy atom. The third-order valence-electron chi connectivity index (χ3n) is 2.54. The van der Waals surface area contributed by atoms with Gasteiger partial charge in [-0.15, -0.1) is 0 Å². The molecule has 0 saturated carbocycles. The first-order chi connectivity index (χ1) is 8.22. The Bertz CT molecular complexity index is 353. The van der Waals surface area contributed by atoms with Gasteiger partial charge in [0.05, 0.1) is 5.75 Å². The Morgan fingerprint density at radius 2 is 1.94 bits per heavy atom. The predicted molar refractivity (Wildman–Crippen MR) is 76.8 cm³/mol. The van der Waals surface area contributed by atoms with Gasteiger partial charge in [-0.3, -0.25) is 0 Å². The fourth-order valence-corrected chi connectivity index (χ4v) is 2.51. The quantitative estimate of drug-likeness (QED) is 0.756. The lowest BCUT2D eigenvalue weighted by molar-refractivity contribution is 0.931. The fraction of sp³-hybridized carbons (Fsp3) is 0.692. The van der Waals surface area contributed by atoms with Gasteiger partial charge in [0, 0.05) is 17.8 Å². The van der Waals surface area contributed by atoms with Crippen LogP contribution in [0.1, 0.15) is 44.3 Å². The minimum atomic E-state index is 0.908. The predicted octanol–water partition coefficient (Wildman–Crippen LogP) is 3.42. The first kappa shape index (κ1) is 14.3. The monoisotopic (exact) mass is 253 g/mol. The summed E-state index contributed by atoms with van der Waals surface area (Å²) in [6.07, 6.45) is 2.19. The van der Waals surface area contributed by atoms with Gasteiger partial charge in [-0.2, -0.15) is 11.8 Å². The summed E-state index contributed by atoms with van der Waals surface area (Å²) in [4.78, 5) is 9.21. The normalized spacial score (nSPS) is 10.6. The zero-order valence-corrected chi connectivity index (χ0v) is 12.2. The summed E-state index contributed by atoms with van der Waals surface area (Å²) in [7, 11) is 0. The molecule has 0 atom stereocenters. The maximum atomic E-state index is 4.62. The van der Waals surface area contributed by atoms with E-state index in [2.05, 4.69) is 43.0 Å². The second kappa shape index (κ2) is 7.54. The molecule has 0 fully saturated rings. The Hall–Kier alpha value is -0.770. The van der Waals surface area contributed by atoms with Gasteiger partial charge >= 0.3 is 0 Å². The van der Waals surface area contributed by atoms with E-state index in [0.29, 0.717) is 0 Å². The molecular formula is C13H23N3S. The highest BCUT2D eigenvalue weighted by atomic mass is 32.2. The molecule has 0 saturated heterocycles. The van der Waals surface area contributed by atoms with Crippen LogP contribution in [0, 0.1) is 6.92 Å². The first-order valence-electron chi connectivity index (χ1n) is 6.40. The van der Waals surface area contributed by atoms with Crippen LogP contribution in [-0.2, 0) is 12.2 Å². The molecule has 1 rings (SSSR count). The van der Waals surface area contributed by atoms with Crippen LogP contribution in [0.25, 0.3) is 0 Å². The smallest absolute Gasteiger partial charge is 0.140 e. The van der Waals surface area contributed by atoms with Gasteiger partial charge in [0.2, 0.25) is 0 Å². The standard InChI is InChI=1S/C13H23N3S/c1-5-8-17-9-12-15-10(4)11(6-2)13(16-12)14-7-3/h5-9H2,1-4H3,(H,14,15,16). The molecule has 3 nitrogen and oxygen atoms in total. The summed E-state index contributed by atoms with van der Waals surface area (Å²) in [6, 6.07) is 0. The van der Waals surface area contributed by atoms with E-state index in [0.717, 1.165) is 36.1 Å². The molecule has 0 spiro atoms. The molecule has 0 aliphatic rings. The van der Waals surface area contributed by atoms with Crippen molar-refractivity contribution in [2.24, 2.45) is 0 Å². The molecule has 0 radical (unpaired) electrons. The van der Waals surface area contributed by atoms with Crippen LogP contribution in [0.4, 0.5) is 5.82 Å². The van der Waals surface area contributed by atoms with Crippen LogP contribution in [0.3, 0.4) is 0 Å². The number of hydrogen-bond acceptors (Lipinski definition) is 4. The highest BCUT2D eigenvalue weighted by Gasteiger charge is 2.09. The largest absolute Gasteiger partial charge is 0.370 e. The average Bonchev–Trinajstić information content (AvgIpc) is 2.30. The Labute approximate surface area is 109 Å². The molecular weight excluding hydrogens is 230 g/mol. The molecule has 0 aliphatic heterocycles. The van der Waals surface area contributed by atoms with E-state index in [1.54, 1.807) is 0 Å². The minimum absolute atomic E-state index is 0.908. The molecule has 96 valence electrons. The van der Waals surface area contributed by atoms with Crippen LogP contribution >= 0.6 is 11.8 Å². The van der Waals surface area contributed by atoms with Crippen molar-refractivity contribution < 1.29 is 0 Å². The van der Waals surface area contributed by atoms with Crippen molar-refractivity contribution in [2.75, 3.05) is 17.6 Å². The van der Waals surface area contributed by atoms with Crippen molar-refractivity contribution in [3.63, 3.8) is 0 Å². The van der Waals surface area contributed by atoms with Crippen LogP contribution in [-0.4, -0.2) is 22.3 Å². The fourth-order valence-electron chi connectivity index (χ4n) is 1.76. The molecule has 0 bridgehead atoms. The molecule has 17 heavy (non-hydrogen) atoms. The zero-order chi connectivity index (χ0) is 12.7. The van der Waals surface area contributed by atoms with Crippen LogP contribution in [0.2, 0.25) is 0 Å². The van der Waals surface area contributed by atoms with Crippen LogP contribution in [0.5, 0.6) is 0 Å². The summed E-state index contributed by atoms with van der Waals surface area (Å²) in [5.74, 6) is 4.06. The zero-order valence-electron chi connectivity index (χ0n) is 11.3. The molecule has 0 unspecified atom stereocenters. The minimum Gasteiger partial charge on any atom is -0.370 e. The third-order valence-corrected chi connectivity index (χ3v) is 3.70. The molecule has 1 heterocycles. The van der Waals surface area contributed by atoms with E-state index >= 15 is 0 Å². The van der Waals surface area contributed by atoms with Crippen molar-refractivity contribution in [3.05, 3.63) is 17.1 Å². The lowest BCUT2D eigenvalue weighted by atomic mass is 10.1. The van der Waals surface area contributed by atoms with Gasteiger partial charge in [0.15, 0.2) is 0 Å². The maximum Gasteiger partial charge on any atom is 0.140 e. The van der Waals surface area contributed by atoms with Crippen LogP contribution in [0.15, 0.2) is 0 Å². The van der Waals surface area contributed by atoms with E-state index in [4.69, 9.17) is 0 Å². The molecule has 0 aliphatic carbocycles. The van der Waals surface area contributed by atoms with E-state index in [1.165, 1.54) is 17.7 Å². The highest BCUT2D eigenvalue weighted by Crippen LogP contribution is 2.19. The summed E-state index contributed by atoms with van der Waals surface area (Å²) in [5, 5.41) is 3.34. The molecule has 0 amide bonds. The van der Waals surface area contributed by atoms with Crippen molar-refractivity contribution >= 4 is 17.6 Å². The number of anilines is 1. The Kier molecular flexibility index (Phi) is 6.34. The molecule has 4 heteroatoms. The Balaban J connectivity index is 2.85. The number of aromatic nitrogens is 2. The van der Waals surface area contributed by atoms with E-state index in [9.17, 15) is 0 Å². The number of thioether (sulfide) groups is 1. The second-order valence-corrected chi connectivity index (χ2v) is 5.09. The van der Waals surface area contributed by atoms with Crippen LogP contribution < -0.4 is 5.32 Å². The first-order valence-corrected chi connectivity index (χ1v) is 7.56. The molecule has 1 aromatic heterocycles. The van der Waals surface area contributed by atoms with Crippen molar-refractivity contribution in [1.29, 1.82) is 0 Å². The summed E-state index contributed by atoms with van der Waals surface area (Å²) >= 11 is 1.90. The maximum absolute atomic E-state index is 4.62. The van der Waals surface area contributed by atoms with E-state index in [1.807, 2.05) is 11.8 Å². The molecule has 1 aromatic rings. The number of nitrogens with zero attached hydrogens (tertiary/aromatic N) is 2. The lowest BCUT2D eigenvalue weighted by Gasteiger charge is -2.12. The van der Waals surface area contributed by atoms with Gasteiger partial charge in [0.1, 0.15) is 11.6 Å². The topological polar surface area (TPSA) is 37.8 Å². The number of nitrogens with one attached hydrogen (secondary N) is 1. The van der Waals surface area contributed by atoms with Crippen molar-refractivity contribution in [2.45, 2.75) is 46.3 Å². The number of hydrogen-bond donors (Lipinski definition) is 1. The summed E-state index contributed by atoms with van der Waals surface area (Å²) < 4.78 is 0. The van der Waals surface area contributed by atoms with Gasteiger partial charge in [0.25, 0.3) is 0 Å². The highest BCUT2D eigenvalue weighted by molar-refractivity contribution is 7.98. The van der Waals surface area contributed by atoms with Crippen molar-refractivity contribution in [1.82, 2.24) is 9.97 Å². The van der Waals surface area contributed by atoms with E-state index in [-0.39, 0.29) is 0 Å². The number of rotatable bonds is 7. The third kappa shape index (κ3) is 4.19. The summed E-state index contributed by atoms with van der Waals surface area (Å²) in [6.45, 7) is 9.43. The molecule has 1 N–H and O–H groups in total. The SMILES string of the molecule is CCCSCc1nc(C)c(CC)c(NCC)n1. The van der Waals surface area contributed by atoms with E-state index < -0.39 is 0 Å². The summed E-state index contributed by atoms with van der Waals surface area (Å²) in [5.41, 5.74) is 2.36. The lowest BCUT2D eigenvalue weighted by Crippen LogP contribution is -2.09. The average molecular weight is 253 g/mol. The second-order valence-electron chi connectivity index (χ2n) is 3.99. The number of aryl methyl sites for hydroxylation is 1.